The highest BCUT2D eigenvalue weighted by Gasteiger charge is 2.30. The number of fused-ring (bicyclic) bond motifs is 2. The number of hydrogen-bond acceptors (Lipinski definition) is 3. The average Bonchev–Trinajstić information content (AvgIpc) is 3.50. The van der Waals surface area contributed by atoms with Crippen LogP contribution in [0.25, 0.3) is 27.5 Å². The summed E-state index contributed by atoms with van der Waals surface area (Å²) in [5.74, 6) is -0.150. The number of thioether (sulfide) groups is 1. The molecule has 0 unspecified atom stereocenters. The fraction of sp³-hybridized carbons (Fsp3) is 0.250. The fourth-order valence-corrected chi connectivity index (χ4v) is 4.94. The maximum absolute atomic E-state index is 11.7. The van der Waals surface area contributed by atoms with Gasteiger partial charge in [-0.3, -0.25) is 9.36 Å². The molecule has 2 aromatic heterocycles. The van der Waals surface area contributed by atoms with E-state index >= 15 is 0 Å². The smallest absolute Gasteiger partial charge is 0.319 e. The Morgan fingerprint density at radius 1 is 1.07 bits per heavy atom. The number of pyridine rings is 1. The summed E-state index contributed by atoms with van der Waals surface area (Å²) >= 11 is 1.36. The molecule has 5 heteroatoms. The topological polar surface area (TPSA) is 55.1 Å². The highest BCUT2D eigenvalue weighted by molar-refractivity contribution is 8.01. The van der Waals surface area contributed by atoms with Crippen LogP contribution in [0.5, 0.6) is 0 Å². The summed E-state index contributed by atoms with van der Waals surface area (Å²) in [4.78, 5) is 17.2. The molecule has 0 atom stereocenters. The van der Waals surface area contributed by atoms with E-state index in [1.54, 1.807) is 20.0 Å². The first-order valence-electron chi connectivity index (χ1n) is 9.86. The largest absolute Gasteiger partial charge is 0.480 e. The van der Waals surface area contributed by atoms with Crippen molar-refractivity contribution in [2.24, 2.45) is 0 Å². The zero-order valence-corrected chi connectivity index (χ0v) is 17.2. The van der Waals surface area contributed by atoms with Crippen LogP contribution in [-0.2, 0) is 4.79 Å². The normalized spacial score (nSPS) is 14.6. The number of carboxylic acids is 1. The SMILES string of the molecule is CC(C)(Sc1cn(-c2ccc(C3CC3)c3ccccc23)c2ncccc12)C(=O)O. The molecular formula is C24H22N2O2S. The number of hydrogen-bond donors (Lipinski definition) is 1. The number of aliphatic carboxylic acids is 1. The Labute approximate surface area is 173 Å². The lowest BCUT2D eigenvalue weighted by molar-refractivity contribution is -0.138. The van der Waals surface area contributed by atoms with E-state index in [4.69, 9.17) is 0 Å². The highest BCUT2D eigenvalue weighted by Crippen LogP contribution is 2.45. The third kappa shape index (κ3) is 3.10. The summed E-state index contributed by atoms with van der Waals surface area (Å²) in [6.07, 6.45) is 6.35. The minimum atomic E-state index is -0.924. The van der Waals surface area contributed by atoms with Gasteiger partial charge in [0.2, 0.25) is 0 Å². The predicted octanol–water partition coefficient (Wildman–Crippen LogP) is 6.01. The molecule has 146 valence electrons. The van der Waals surface area contributed by atoms with Crippen LogP contribution < -0.4 is 0 Å². The molecule has 0 spiro atoms. The first-order chi connectivity index (χ1) is 14.0. The van der Waals surface area contributed by atoms with E-state index in [-0.39, 0.29) is 0 Å². The number of carboxylic acid groups (broad SMARTS) is 1. The van der Waals surface area contributed by atoms with Crippen LogP contribution in [0.1, 0.15) is 38.2 Å². The van der Waals surface area contributed by atoms with Crippen molar-refractivity contribution in [3.8, 4) is 5.69 Å². The molecule has 1 aliphatic rings. The summed E-state index contributed by atoms with van der Waals surface area (Å²) < 4.78 is 1.18. The molecule has 1 saturated carbocycles. The zero-order chi connectivity index (χ0) is 20.2. The van der Waals surface area contributed by atoms with Crippen LogP contribution in [0.2, 0.25) is 0 Å². The molecular weight excluding hydrogens is 380 g/mol. The van der Waals surface area contributed by atoms with Crippen molar-refractivity contribution < 1.29 is 9.90 Å². The summed E-state index contributed by atoms with van der Waals surface area (Å²) in [5, 5.41) is 13.1. The minimum Gasteiger partial charge on any atom is -0.480 e. The Morgan fingerprint density at radius 2 is 1.79 bits per heavy atom. The molecule has 0 amide bonds. The fourth-order valence-electron chi connectivity index (χ4n) is 3.88. The van der Waals surface area contributed by atoms with Crippen molar-refractivity contribution in [2.75, 3.05) is 0 Å². The van der Waals surface area contributed by atoms with E-state index in [1.165, 1.54) is 40.9 Å². The van der Waals surface area contributed by atoms with Crippen molar-refractivity contribution in [3.63, 3.8) is 0 Å². The molecule has 1 N–H and O–H groups in total. The van der Waals surface area contributed by atoms with Gasteiger partial charge in [0.25, 0.3) is 0 Å². The Balaban J connectivity index is 1.72. The molecule has 5 rings (SSSR count). The molecule has 0 saturated heterocycles. The molecule has 29 heavy (non-hydrogen) atoms. The maximum atomic E-state index is 11.7. The minimum absolute atomic E-state index is 0.677. The van der Waals surface area contributed by atoms with Gasteiger partial charge in [-0.1, -0.05) is 30.3 Å². The van der Waals surface area contributed by atoms with Gasteiger partial charge in [0, 0.05) is 28.1 Å². The second-order valence-corrected chi connectivity index (χ2v) is 9.81. The van der Waals surface area contributed by atoms with Gasteiger partial charge in [0.05, 0.1) is 5.69 Å². The lowest BCUT2D eigenvalue weighted by atomic mass is 9.99. The van der Waals surface area contributed by atoms with Crippen molar-refractivity contribution in [1.82, 2.24) is 9.55 Å². The second kappa shape index (κ2) is 6.63. The van der Waals surface area contributed by atoms with Gasteiger partial charge in [-0.15, -0.1) is 11.8 Å². The van der Waals surface area contributed by atoms with Crippen LogP contribution in [0.3, 0.4) is 0 Å². The van der Waals surface area contributed by atoms with Gasteiger partial charge >= 0.3 is 5.97 Å². The van der Waals surface area contributed by atoms with Crippen LogP contribution in [0.15, 0.2) is 65.8 Å². The van der Waals surface area contributed by atoms with Crippen LogP contribution in [0.4, 0.5) is 0 Å². The van der Waals surface area contributed by atoms with Gasteiger partial charge in [-0.2, -0.15) is 0 Å². The second-order valence-electron chi connectivity index (χ2n) is 8.15. The van der Waals surface area contributed by atoms with E-state index in [2.05, 4.69) is 45.9 Å². The molecule has 0 bridgehead atoms. The van der Waals surface area contributed by atoms with Crippen molar-refractivity contribution in [2.45, 2.75) is 42.2 Å². The average molecular weight is 403 g/mol. The Kier molecular flexibility index (Phi) is 4.17. The molecule has 0 aliphatic heterocycles. The Morgan fingerprint density at radius 3 is 2.52 bits per heavy atom. The summed E-state index contributed by atoms with van der Waals surface area (Å²) in [7, 11) is 0. The summed E-state index contributed by atoms with van der Waals surface area (Å²) in [5.41, 5.74) is 3.35. The third-order valence-corrected chi connectivity index (χ3v) is 6.85. The lowest BCUT2D eigenvalue weighted by Gasteiger charge is -2.17. The first kappa shape index (κ1) is 18.3. The summed E-state index contributed by atoms with van der Waals surface area (Å²) in [6.45, 7) is 3.47. The van der Waals surface area contributed by atoms with E-state index in [1.807, 2.05) is 18.3 Å². The van der Waals surface area contributed by atoms with Gasteiger partial charge in [0.15, 0.2) is 0 Å². The van der Waals surface area contributed by atoms with Crippen molar-refractivity contribution >= 4 is 39.5 Å². The van der Waals surface area contributed by atoms with Crippen molar-refractivity contribution in [1.29, 1.82) is 0 Å². The number of rotatable bonds is 5. The lowest BCUT2D eigenvalue weighted by Crippen LogP contribution is -2.26. The molecule has 4 nitrogen and oxygen atoms in total. The first-order valence-corrected chi connectivity index (χ1v) is 10.7. The maximum Gasteiger partial charge on any atom is 0.319 e. The highest BCUT2D eigenvalue weighted by atomic mass is 32.2. The van der Waals surface area contributed by atoms with Crippen LogP contribution in [-0.4, -0.2) is 25.4 Å². The van der Waals surface area contributed by atoms with Crippen molar-refractivity contribution in [3.05, 3.63) is 66.5 Å². The van der Waals surface area contributed by atoms with E-state index < -0.39 is 10.7 Å². The number of benzene rings is 2. The number of nitrogens with zero attached hydrogens (tertiary/aromatic N) is 2. The quantitative estimate of drug-likeness (QED) is 0.415. The molecule has 0 radical (unpaired) electrons. The number of aromatic nitrogens is 2. The van der Waals surface area contributed by atoms with Gasteiger partial charge in [0.1, 0.15) is 10.4 Å². The third-order valence-electron chi connectivity index (χ3n) is 5.62. The van der Waals surface area contributed by atoms with Crippen LogP contribution >= 0.6 is 11.8 Å². The number of carbonyl (C=O) groups is 1. The van der Waals surface area contributed by atoms with E-state index in [0.29, 0.717) is 5.92 Å². The zero-order valence-electron chi connectivity index (χ0n) is 16.4. The standard InChI is InChI=1S/C24H22N2O2S/c1-24(2,23(27)28)29-21-14-26(22-19(21)8-5-13-25-22)20-12-11-16(15-9-10-15)17-6-3-4-7-18(17)20/h3-8,11-15H,9-10H2,1-2H3,(H,27,28). The monoisotopic (exact) mass is 402 g/mol. The molecule has 2 aromatic carbocycles. The Bertz CT molecular complexity index is 1250. The molecule has 1 aliphatic carbocycles. The molecule has 1 fully saturated rings. The predicted molar refractivity (Wildman–Crippen MR) is 118 cm³/mol. The van der Waals surface area contributed by atoms with Gasteiger partial charge < -0.3 is 5.11 Å². The molecule has 2 heterocycles. The molecule has 4 aromatic rings. The van der Waals surface area contributed by atoms with Crippen LogP contribution in [0, 0.1) is 0 Å². The van der Waals surface area contributed by atoms with E-state index in [0.717, 1.165) is 21.6 Å². The Hall–Kier alpha value is -2.79. The summed E-state index contributed by atoms with van der Waals surface area (Å²) in [6, 6.07) is 16.9. The van der Waals surface area contributed by atoms with Gasteiger partial charge in [-0.05, 0) is 61.8 Å². The van der Waals surface area contributed by atoms with Gasteiger partial charge in [-0.25, -0.2) is 4.98 Å². The van der Waals surface area contributed by atoms with E-state index in [9.17, 15) is 9.90 Å².